The molecule has 4 rings (SSSR count). The monoisotopic (exact) mass is 479 g/mol. The van der Waals surface area contributed by atoms with Crippen molar-refractivity contribution >= 4 is 40.0 Å². The highest BCUT2D eigenvalue weighted by atomic mass is 35.5. The van der Waals surface area contributed by atoms with Crippen LogP contribution in [0.4, 0.5) is 33.7 Å². The van der Waals surface area contributed by atoms with E-state index in [1.807, 2.05) is 12.4 Å². The molecule has 0 atom stereocenters. The average Bonchev–Trinajstić information content (AvgIpc) is 3.13. The minimum absolute atomic E-state index is 0.0735. The molecule has 7 nitrogen and oxygen atoms in total. The third kappa shape index (κ3) is 4.82. The minimum Gasteiger partial charge on any atom is -0.437 e. The Hall–Kier alpha value is -3.86. The first-order chi connectivity index (χ1) is 15.6. The highest BCUT2D eigenvalue weighted by Gasteiger charge is 2.31. The minimum atomic E-state index is -4.69. The summed E-state index contributed by atoms with van der Waals surface area (Å²) in [6, 6.07) is 6.86. The second-order valence-electron chi connectivity index (χ2n) is 6.85. The molecule has 0 saturated carbocycles. The topological polar surface area (TPSA) is 81.1 Å². The van der Waals surface area contributed by atoms with E-state index in [-0.39, 0.29) is 10.7 Å². The van der Waals surface area contributed by atoms with Crippen molar-refractivity contribution in [3.05, 3.63) is 71.4 Å². The van der Waals surface area contributed by atoms with E-state index in [4.69, 9.17) is 16.3 Å². The number of nitrogens with one attached hydrogen (secondary N) is 2. The van der Waals surface area contributed by atoms with Gasteiger partial charge in [0.25, 0.3) is 0 Å². The van der Waals surface area contributed by atoms with Crippen LogP contribution in [0.2, 0.25) is 5.02 Å². The molecule has 2 amide bonds. The highest BCUT2D eigenvalue weighted by molar-refractivity contribution is 6.34. The van der Waals surface area contributed by atoms with Crippen molar-refractivity contribution in [2.24, 2.45) is 7.05 Å². The van der Waals surface area contributed by atoms with Crippen LogP contribution in [0.1, 0.15) is 5.56 Å². The van der Waals surface area contributed by atoms with Gasteiger partial charge >= 0.3 is 12.2 Å². The van der Waals surface area contributed by atoms with Gasteiger partial charge in [0.2, 0.25) is 5.88 Å². The smallest absolute Gasteiger partial charge is 0.416 e. The Balaban J connectivity index is 1.49. The number of halogens is 5. The number of nitrogens with zero attached hydrogens (tertiary/aromatic N) is 3. The van der Waals surface area contributed by atoms with E-state index in [0.717, 1.165) is 0 Å². The first-order valence-electron chi connectivity index (χ1n) is 9.30. The predicted molar refractivity (Wildman–Crippen MR) is 114 cm³/mol. The summed E-state index contributed by atoms with van der Waals surface area (Å²) in [5, 5.41) is 4.47. The second kappa shape index (κ2) is 8.58. The third-order valence-corrected chi connectivity index (χ3v) is 4.88. The molecule has 2 N–H and O–H groups in total. The Kier molecular flexibility index (Phi) is 5.81. The number of anilines is 2. The Morgan fingerprint density at radius 2 is 1.82 bits per heavy atom. The Bertz CT molecular complexity index is 1360. The van der Waals surface area contributed by atoms with Crippen molar-refractivity contribution in [1.82, 2.24) is 14.5 Å². The number of alkyl halides is 3. The van der Waals surface area contributed by atoms with Gasteiger partial charge in [-0.1, -0.05) is 11.6 Å². The number of fused-ring (bicyclic) bond motifs is 1. The van der Waals surface area contributed by atoms with E-state index in [9.17, 15) is 22.4 Å². The fourth-order valence-electron chi connectivity index (χ4n) is 3.01. The summed E-state index contributed by atoms with van der Waals surface area (Å²) in [6.07, 6.45) is -1.53. The summed E-state index contributed by atoms with van der Waals surface area (Å²) in [5.74, 6) is -0.414. The van der Waals surface area contributed by atoms with Crippen LogP contribution in [-0.4, -0.2) is 20.6 Å². The maximum atomic E-state index is 13.8. The van der Waals surface area contributed by atoms with E-state index < -0.39 is 29.3 Å². The zero-order valence-corrected chi connectivity index (χ0v) is 17.5. The fraction of sp³-hybridized carbons (Fsp3) is 0.0952. The molecule has 0 saturated heterocycles. The van der Waals surface area contributed by atoms with Crippen molar-refractivity contribution in [1.29, 1.82) is 0 Å². The number of aryl methyl sites for hydroxylation is 1. The SMILES string of the molecule is Cn1ccc2ncnc(Oc3ccc(NC(=O)Nc4cc(C(F)(F)F)ccc4F)c(Cl)c3)c21. The predicted octanol–water partition coefficient (Wildman–Crippen LogP) is 6.22. The van der Waals surface area contributed by atoms with Crippen LogP contribution in [0.5, 0.6) is 11.6 Å². The molecule has 0 bridgehead atoms. The van der Waals surface area contributed by atoms with Gasteiger partial charge in [-0.25, -0.2) is 14.2 Å². The van der Waals surface area contributed by atoms with Gasteiger partial charge in [-0.3, -0.25) is 0 Å². The van der Waals surface area contributed by atoms with Crippen LogP contribution in [0.3, 0.4) is 0 Å². The molecule has 33 heavy (non-hydrogen) atoms. The van der Waals surface area contributed by atoms with Gasteiger partial charge in [0.1, 0.15) is 23.4 Å². The van der Waals surface area contributed by atoms with Crippen LogP contribution >= 0.6 is 11.6 Å². The van der Waals surface area contributed by atoms with Crippen LogP contribution < -0.4 is 15.4 Å². The lowest BCUT2D eigenvalue weighted by molar-refractivity contribution is -0.137. The molecular formula is C21H14ClF4N5O2. The molecule has 0 aliphatic heterocycles. The lowest BCUT2D eigenvalue weighted by Crippen LogP contribution is -2.21. The summed E-state index contributed by atoms with van der Waals surface area (Å²) < 4.78 is 59.9. The number of aromatic nitrogens is 3. The van der Waals surface area contributed by atoms with Gasteiger partial charge in [-0.05, 0) is 36.4 Å². The number of ether oxygens (including phenoxy) is 1. The number of hydrogen-bond donors (Lipinski definition) is 2. The molecule has 2 aromatic carbocycles. The number of rotatable bonds is 4. The summed E-state index contributed by atoms with van der Waals surface area (Å²) in [7, 11) is 1.81. The lowest BCUT2D eigenvalue weighted by Gasteiger charge is -2.13. The van der Waals surface area contributed by atoms with Crippen LogP contribution in [0, 0.1) is 5.82 Å². The summed E-state index contributed by atoms with van der Waals surface area (Å²) >= 11 is 6.20. The zero-order chi connectivity index (χ0) is 23.8. The molecular weight excluding hydrogens is 466 g/mol. The van der Waals surface area contributed by atoms with E-state index in [0.29, 0.717) is 40.9 Å². The van der Waals surface area contributed by atoms with Crippen molar-refractivity contribution in [3.63, 3.8) is 0 Å². The number of benzene rings is 2. The first-order valence-corrected chi connectivity index (χ1v) is 9.68. The highest BCUT2D eigenvalue weighted by Crippen LogP contribution is 2.33. The van der Waals surface area contributed by atoms with Crippen molar-refractivity contribution in [2.45, 2.75) is 6.18 Å². The van der Waals surface area contributed by atoms with Crippen molar-refractivity contribution in [2.75, 3.05) is 10.6 Å². The second-order valence-corrected chi connectivity index (χ2v) is 7.26. The summed E-state index contributed by atoms with van der Waals surface area (Å²) in [6.45, 7) is 0. The lowest BCUT2D eigenvalue weighted by atomic mass is 10.2. The molecule has 0 spiro atoms. The quantitative estimate of drug-likeness (QED) is 0.341. The average molecular weight is 480 g/mol. The summed E-state index contributed by atoms with van der Waals surface area (Å²) in [5.41, 5.74) is -0.256. The van der Waals surface area contributed by atoms with E-state index in [2.05, 4.69) is 15.3 Å². The van der Waals surface area contributed by atoms with Gasteiger partial charge in [0.15, 0.2) is 0 Å². The molecule has 0 unspecified atom stereocenters. The number of amides is 2. The maximum absolute atomic E-state index is 13.8. The maximum Gasteiger partial charge on any atom is 0.416 e. The number of hydrogen-bond acceptors (Lipinski definition) is 4. The molecule has 0 fully saturated rings. The normalized spacial score (nSPS) is 11.5. The number of carbonyl (C=O) groups is 1. The summed E-state index contributed by atoms with van der Waals surface area (Å²) in [4.78, 5) is 20.5. The van der Waals surface area contributed by atoms with E-state index in [1.165, 1.54) is 24.5 Å². The van der Waals surface area contributed by atoms with Gasteiger partial charge in [-0.2, -0.15) is 18.2 Å². The zero-order valence-electron chi connectivity index (χ0n) is 16.7. The molecule has 2 aromatic heterocycles. The first kappa shape index (κ1) is 22.3. The molecule has 4 aromatic rings. The number of carbonyl (C=O) groups excluding carboxylic acids is 1. The Morgan fingerprint density at radius 1 is 1.06 bits per heavy atom. The molecule has 170 valence electrons. The molecule has 12 heteroatoms. The van der Waals surface area contributed by atoms with Crippen LogP contribution in [0.25, 0.3) is 11.0 Å². The van der Waals surface area contributed by atoms with Gasteiger partial charge < -0.3 is 19.9 Å². The molecule has 0 aliphatic rings. The fourth-order valence-corrected chi connectivity index (χ4v) is 3.22. The molecule has 0 radical (unpaired) electrons. The van der Waals surface area contributed by atoms with Crippen LogP contribution in [0.15, 0.2) is 55.0 Å². The van der Waals surface area contributed by atoms with Crippen molar-refractivity contribution in [3.8, 4) is 11.6 Å². The molecule has 2 heterocycles. The van der Waals surface area contributed by atoms with Crippen LogP contribution in [-0.2, 0) is 13.2 Å². The van der Waals surface area contributed by atoms with Gasteiger partial charge in [-0.15, -0.1) is 0 Å². The standard InChI is InChI=1S/C21H14ClF4N5O2/c1-31-7-6-16-18(31)19(28-10-27-16)33-12-3-5-15(13(22)9-12)29-20(32)30-17-8-11(21(24,25)26)2-4-14(17)23/h2-10H,1H3,(H2,29,30,32). The molecule has 0 aliphatic carbocycles. The number of urea groups is 1. The Labute approximate surface area is 189 Å². The largest absolute Gasteiger partial charge is 0.437 e. The van der Waals surface area contributed by atoms with E-state index in [1.54, 1.807) is 16.8 Å². The van der Waals surface area contributed by atoms with Gasteiger partial charge in [0, 0.05) is 19.3 Å². The van der Waals surface area contributed by atoms with Crippen molar-refractivity contribution < 1.29 is 27.1 Å². The van der Waals surface area contributed by atoms with E-state index >= 15 is 0 Å². The third-order valence-electron chi connectivity index (χ3n) is 4.57. The van der Waals surface area contributed by atoms with Gasteiger partial charge in [0.05, 0.1) is 27.5 Å². The Morgan fingerprint density at radius 3 is 2.55 bits per heavy atom.